The fourth-order valence-electron chi connectivity index (χ4n) is 6.80. The topological polar surface area (TPSA) is 9.23 Å². The summed E-state index contributed by atoms with van der Waals surface area (Å²) in [5.74, 6) is 12.6. The van der Waals surface area contributed by atoms with Crippen molar-refractivity contribution in [3.05, 3.63) is 11.6 Å². The molecule has 0 amide bonds. The molecule has 1 nitrogen and oxygen atoms in total. The molecule has 0 heterocycles. The second-order valence-electron chi connectivity index (χ2n) is 10.9. The van der Waals surface area contributed by atoms with Crippen LogP contribution in [0.4, 0.5) is 0 Å². The van der Waals surface area contributed by atoms with Crippen LogP contribution >= 0.6 is 0 Å². The Morgan fingerprint density at radius 1 is 0.759 bits per heavy atom. The lowest BCUT2D eigenvalue weighted by atomic mass is 9.68. The third-order valence-electron chi connectivity index (χ3n) is 8.82. The molecular weight excluding hydrogens is 352 g/mol. The molecule has 29 heavy (non-hydrogen) atoms. The SMILES string of the molecule is COC1CCC(C#CC2CCC(C3CCC(CC4=CC(C)CC4)CC3)CC2)CC1. The fraction of sp³-hybridized carbons (Fsp3) is 0.857. The second kappa shape index (κ2) is 10.5. The quantitative estimate of drug-likeness (QED) is 0.352. The summed E-state index contributed by atoms with van der Waals surface area (Å²) < 4.78 is 5.50. The summed E-state index contributed by atoms with van der Waals surface area (Å²) in [6, 6.07) is 0. The van der Waals surface area contributed by atoms with E-state index in [4.69, 9.17) is 4.74 Å². The summed E-state index contributed by atoms with van der Waals surface area (Å²) in [6.07, 6.45) is 23.9. The van der Waals surface area contributed by atoms with E-state index < -0.39 is 0 Å². The summed E-state index contributed by atoms with van der Waals surface area (Å²) in [5, 5.41) is 0. The first kappa shape index (κ1) is 21.5. The van der Waals surface area contributed by atoms with Gasteiger partial charge in [-0.15, -0.1) is 0 Å². The third kappa shape index (κ3) is 6.13. The molecule has 0 bridgehead atoms. The van der Waals surface area contributed by atoms with Crippen molar-refractivity contribution >= 4 is 0 Å². The maximum atomic E-state index is 5.50. The van der Waals surface area contributed by atoms with E-state index in [0.717, 1.165) is 23.7 Å². The molecule has 4 rings (SSSR count). The Morgan fingerprint density at radius 3 is 1.83 bits per heavy atom. The minimum Gasteiger partial charge on any atom is -0.381 e. The molecule has 0 aliphatic heterocycles. The van der Waals surface area contributed by atoms with Gasteiger partial charge in [0.05, 0.1) is 6.10 Å². The Labute approximate surface area is 180 Å². The summed E-state index contributed by atoms with van der Waals surface area (Å²) in [4.78, 5) is 0. The first-order chi connectivity index (χ1) is 14.2. The lowest BCUT2D eigenvalue weighted by Crippen LogP contribution is -2.25. The predicted octanol–water partition coefficient (Wildman–Crippen LogP) is 7.55. The fourth-order valence-corrected chi connectivity index (χ4v) is 6.80. The van der Waals surface area contributed by atoms with Crippen LogP contribution in [0.3, 0.4) is 0 Å². The van der Waals surface area contributed by atoms with Gasteiger partial charge in [0.25, 0.3) is 0 Å². The number of hydrogen-bond acceptors (Lipinski definition) is 1. The van der Waals surface area contributed by atoms with E-state index in [-0.39, 0.29) is 0 Å². The van der Waals surface area contributed by atoms with Crippen molar-refractivity contribution in [2.45, 2.75) is 109 Å². The lowest BCUT2D eigenvalue weighted by molar-refractivity contribution is 0.0636. The van der Waals surface area contributed by atoms with Crippen LogP contribution in [0.2, 0.25) is 0 Å². The predicted molar refractivity (Wildman–Crippen MR) is 123 cm³/mol. The van der Waals surface area contributed by atoms with E-state index in [2.05, 4.69) is 24.8 Å². The molecule has 1 atom stereocenters. The Balaban J connectivity index is 1.14. The van der Waals surface area contributed by atoms with Crippen molar-refractivity contribution in [2.75, 3.05) is 7.11 Å². The second-order valence-corrected chi connectivity index (χ2v) is 10.9. The van der Waals surface area contributed by atoms with Crippen molar-refractivity contribution in [1.29, 1.82) is 0 Å². The molecule has 0 saturated heterocycles. The molecule has 1 unspecified atom stereocenters. The van der Waals surface area contributed by atoms with Crippen LogP contribution in [-0.2, 0) is 4.74 Å². The van der Waals surface area contributed by atoms with E-state index in [1.807, 2.05) is 7.11 Å². The molecular formula is C28H44O. The van der Waals surface area contributed by atoms with Gasteiger partial charge in [-0.25, -0.2) is 0 Å². The van der Waals surface area contributed by atoms with Crippen molar-refractivity contribution in [3.63, 3.8) is 0 Å². The number of ether oxygens (including phenoxy) is 1. The molecule has 1 heteroatoms. The smallest absolute Gasteiger partial charge is 0.0572 e. The third-order valence-corrected chi connectivity index (χ3v) is 8.82. The summed E-state index contributed by atoms with van der Waals surface area (Å²) in [6.45, 7) is 2.39. The van der Waals surface area contributed by atoms with Crippen LogP contribution < -0.4 is 0 Å². The largest absolute Gasteiger partial charge is 0.381 e. The highest BCUT2D eigenvalue weighted by Crippen LogP contribution is 2.43. The highest BCUT2D eigenvalue weighted by atomic mass is 16.5. The van der Waals surface area contributed by atoms with Gasteiger partial charge in [-0.2, -0.15) is 0 Å². The van der Waals surface area contributed by atoms with Crippen LogP contribution in [0, 0.1) is 47.3 Å². The van der Waals surface area contributed by atoms with Gasteiger partial charge >= 0.3 is 0 Å². The molecule has 0 N–H and O–H groups in total. The summed E-state index contributed by atoms with van der Waals surface area (Å²) in [7, 11) is 1.86. The molecule has 0 aromatic heterocycles. The molecule has 3 saturated carbocycles. The van der Waals surface area contributed by atoms with Crippen LogP contribution in [0.5, 0.6) is 0 Å². The average molecular weight is 397 g/mol. The van der Waals surface area contributed by atoms with E-state index in [0.29, 0.717) is 17.9 Å². The minimum absolute atomic E-state index is 0.497. The van der Waals surface area contributed by atoms with Crippen LogP contribution in [-0.4, -0.2) is 13.2 Å². The molecule has 0 aromatic rings. The number of rotatable bonds is 4. The highest BCUT2D eigenvalue weighted by Gasteiger charge is 2.31. The Morgan fingerprint density at radius 2 is 1.31 bits per heavy atom. The van der Waals surface area contributed by atoms with Crippen molar-refractivity contribution in [2.24, 2.45) is 35.5 Å². The van der Waals surface area contributed by atoms with Gasteiger partial charge in [0, 0.05) is 18.9 Å². The van der Waals surface area contributed by atoms with Crippen molar-refractivity contribution < 1.29 is 4.74 Å². The van der Waals surface area contributed by atoms with Crippen LogP contribution in [0.1, 0.15) is 103 Å². The van der Waals surface area contributed by atoms with E-state index in [9.17, 15) is 0 Å². The minimum atomic E-state index is 0.497. The Kier molecular flexibility index (Phi) is 7.80. The molecule has 0 radical (unpaired) electrons. The van der Waals surface area contributed by atoms with Crippen LogP contribution in [0.15, 0.2) is 11.6 Å². The molecule has 162 valence electrons. The zero-order chi connectivity index (χ0) is 20.1. The first-order valence-corrected chi connectivity index (χ1v) is 12.9. The zero-order valence-corrected chi connectivity index (χ0v) is 19.1. The van der Waals surface area contributed by atoms with Gasteiger partial charge in [-0.1, -0.05) is 30.4 Å². The number of methoxy groups -OCH3 is 1. The van der Waals surface area contributed by atoms with E-state index in [1.54, 1.807) is 5.57 Å². The maximum Gasteiger partial charge on any atom is 0.0572 e. The maximum absolute atomic E-state index is 5.50. The Hall–Kier alpha value is -0.740. The van der Waals surface area contributed by atoms with E-state index in [1.165, 1.54) is 96.3 Å². The number of hydrogen-bond donors (Lipinski definition) is 0. The van der Waals surface area contributed by atoms with Gasteiger partial charge in [0.15, 0.2) is 0 Å². The number of allylic oxidation sites excluding steroid dienone is 2. The van der Waals surface area contributed by atoms with Crippen LogP contribution in [0.25, 0.3) is 0 Å². The van der Waals surface area contributed by atoms with Gasteiger partial charge in [0.2, 0.25) is 0 Å². The standard InChI is InChI=1S/C28H44O/c1-21-3-4-25(19-21)20-24-9-15-27(16-10-24)26-13-7-22(8-14-26)5-6-23-11-17-28(29-2)18-12-23/h19,21-24,26-28H,3-4,7-18,20H2,1-2H3. The first-order valence-electron chi connectivity index (χ1n) is 12.9. The van der Waals surface area contributed by atoms with Crippen molar-refractivity contribution in [3.8, 4) is 11.8 Å². The van der Waals surface area contributed by atoms with Gasteiger partial charge in [-0.05, 0) is 120 Å². The van der Waals surface area contributed by atoms with Gasteiger partial charge < -0.3 is 4.74 Å². The monoisotopic (exact) mass is 396 g/mol. The van der Waals surface area contributed by atoms with E-state index >= 15 is 0 Å². The van der Waals surface area contributed by atoms with Gasteiger partial charge in [0.1, 0.15) is 0 Å². The molecule has 3 fully saturated rings. The molecule has 4 aliphatic carbocycles. The summed E-state index contributed by atoms with van der Waals surface area (Å²) in [5.41, 5.74) is 1.79. The zero-order valence-electron chi connectivity index (χ0n) is 19.1. The molecule has 0 spiro atoms. The average Bonchev–Trinajstić information content (AvgIpc) is 3.18. The molecule has 4 aliphatic rings. The normalized spacial score (nSPS) is 40.8. The molecule has 0 aromatic carbocycles. The lowest BCUT2D eigenvalue weighted by Gasteiger charge is -2.37. The summed E-state index contributed by atoms with van der Waals surface area (Å²) >= 11 is 0. The van der Waals surface area contributed by atoms with Crippen molar-refractivity contribution in [1.82, 2.24) is 0 Å². The highest BCUT2D eigenvalue weighted by molar-refractivity contribution is 5.11. The van der Waals surface area contributed by atoms with Gasteiger partial charge in [-0.3, -0.25) is 0 Å². The Bertz CT molecular complexity index is 584.